The van der Waals surface area contributed by atoms with Crippen LogP contribution in [-0.4, -0.2) is 20.9 Å². The summed E-state index contributed by atoms with van der Waals surface area (Å²) in [6, 6.07) is 1.96. The molecule has 0 spiro atoms. The Labute approximate surface area is 122 Å². The first-order valence-corrected chi connectivity index (χ1v) is 8.47. The van der Waals surface area contributed by atoms with Crippen LogP contribution in [-0.2, 0) is 9.05 Å². The molecule has 0 heterocycles. The lowest BCUT2D eigenvalue weighted by atomic mass is 10.1. The second kappa shape index (κ2) is 6.54. The van der Waals surface area contributed by atoms with Crippen molar-refractivity contribution in [1.82, 2.24) is 5.32 Å². The van der Waals surface area contributed by atoms with Crippen LogP contribution >= 0.6 is 10.7 Å². The van der Waals surface area contributed by atoms with E-state index in [0.717, 1.165) is 18.6 Å². The minimum Gasteiger partial charge on any atom is -0.352 e. The topological polar surface area (TPSA) is 63.2 Å². The Morgan fingerprint density at radius 3 is 2.50 bits per heavy atom. The highest BCUT2D eigenvalue weighted by Crippen LogP contribution is 2.23. The monoisotopic (exact) mass is 321 g/mol. The van der Waals surface area contributed by atoms with E-state index in [1.165, 1.54) is 6.92 Å². The van der Waals surface area contributed by atoms with E-state index in [0.29, 0.717) is 12.5 Å². The van der Waals surface area contributed by atoms with E-state index < -0.39 is 20.8 Å². The normalized spacial score (nSPS) is 11.7. The van der Waals surface area contributed by atoms with Gasteiger partial charge in [0.15, 0.2) is 0 Å². The average Bonchev–Trinajstić information content (AvgIpc) is 2.26. The average molecular weight is 322 g/mol. The number of aryl methyl sites for hydroxylation is 1. The Morgan fingerprint density at radius 2 is 2.00 bits per heavy atom. The Hall–Kier alpha value is -1.14. The van der Waals surface area contributed by atoms with Gasteiger partial charge in [0.2, 0.25) is 0 Å². The second-order valence-corrected chi connectivity index (χ2v) is 7.51. The molecule has 1 N–H and O–H groups in total. The molecular weight excluding hydrogens is 305 g/mol. The van der Waals surface area contributed by atoms with Gasteiger partial charge in [-0.3, -0.25) is 4.79 Å². The quantitative estimate of drug-likeness (QED) is 0.848. The minimum atomic E-state index is -4.01. The SMILES string of the molecule is Cc1cc(F)c(C(=O)NCCC(C)C)cc1S(=O)(=O)Cl. The Morgan fingerprint density at radius 1 is 1.40 bits per heavy atom. The summed E-state index contributed by atoms with van der Waals surface area (Å²) in [6.45, 7) is 5.80. The third-order valence-corrected chi connectivity index (χ3v) is 4.24. The largest absolute Gasteiger partial charge is 0.352 e. The van der Waals surface area contributed by atoms with E-state index in [1.54, 1.807) is 0 Å². The molecule has 0 saturated carbocycles. The third kappa shape index (κ3) is 4.45. The molecule has 1 rings (SSSR count). The molecule has 1 aromatic rings. The van der Waals surface area contributed by atoms with Crippen LogP contribution in [0.1, 0.15) is 36.2 Å². The first-order valence-electron chi connectivity index (χ1n) is 6.16. The molecule has 4 nitrogen and oxygen atoms in total. The molecule has 0 bridgehead atoms. The molecule has 7 heteroatoms. The lowest BCUT2D eigenvalue weighted by Crippen LogP contribution is -2.26. The number of amides is 1. The molecule has 112 valence electrons. The van der Waals surface area contributed by atoms with Crippen LogP contribution in [0.2, 0.25) is 0 Å². The zero-order chi connectivity index (χ0) is 15.5. The number of carbonyl (C=O) groups is 1. The van der Waals surface area contributed by atoms with Crippen LogP contribution in [0, 0.1) is 18.7 Å². The number of carbonyl (C=O) groups excluding carboxylic acids is 1. The van der Waals surface area contributed by atoms with Crippen molar-refractivity contribution in [3.8, 4) is 0 Å². The van der Waals surface area contributed by atoms with E-state index >= 15 is 0 Å². The highest BCUT2D eigenvalue weighted by atomic mass is 35.7. The number of hydrogen-bond donors (Lipinski definition) is 1. The highest BCUT2D eigenvalue weighted by Gasteiger charge is 2.20. The van der Waals surface area contributed by atoms with Crippen molar-refractivity contribution in [2.75, 3.05) is 6.54 Å². The summed E-state index contributed by atoms with van der Waals surface area (Å²) in [4.78, 5) is 11.6. The van der Waals surface area contributed by atoms with Crippen LogP contribution in [0.4, 0.5) is 4.39 Å². The molecule has 1 amide bonds. The minimum absolute atomic E-state index is 0.163. The van der Waals surface area contributed by atoms with Gasteiger partial charge in [-0.25, -0.2) is 12.8 Å². The molecule has 0 unspecified atom stereocenters. The Balaban J connectivity index is 3.04. The molecule has 0 aromatic heterocycles. The van der Waals surface area contributed by atoms with Crippen LogP contribution in [0.15, 0.2) is 17.0 Å². The zero-order valence-electron chi connectivity index (χ0n) is 11.5. The number of nitrogens with one attached hydrogen (secondary N) is 1. The van der Waals surface area contributed by atoms with Gasteiger partial charge in [-0.1, -0.05) is 13.8 Å². The molecule has 0 aliphatic heterocycles. The van der Waals surface area contributed by atoms with Crippen molar-refractivity contribution in [3.05, 3.63) is 29.1 Å². The third-order valence-electron chi connectivity index (χ3n) is 2.78. The van der Waals surface area contributed by atoms with E-state index in [2.05, 4.69) is 5.32 Å². The standard InChI is InChI=1S/C13H17ClFNO3S/c1-8(2)4-5-16-13(17)10-7-12(20(14,18)19)9(3)6-11(10)15/h6-8H,4-5H2,1-3H3,(H,16,17). The number of benzene rings is 1. The zero-order valence-corrected chi connectivity index (χ0v) is 13.1. The summed E-state index contributed by atoms with van der Waals surface area (Å²) in [5.41, 5.74) is -0.158. The van der Waals surface area contributed by atoms with Crippen molar-refractivity contribution >= 4 is 25.6 Å². The predicted molar refractivity (Wildman–Crippen MR) is 76.0 cm³/mol. The first kappa shape index (κ1) is 16.9. The van der Waals surface area contributed by atoms with Gasteiger partial charge in [-0.2, -0.15) is 0 Å². The van der Waals surface area contributed by atoms with E-state index in [9.17, 15) is 17.6 Å². The summed E-state index contributed by atoms with van der Waals surface area (Å²) in [7, 11) is 1.24. The maximum Gasteiger partial charge on any atom is 0.261 e. The lowest BCUT2D eigenvalue weighted by Gasteiger charge is -2.10. The number of halogens is 2. The van der Waals surface area contributed by atoms with Gasteiger partial charge >= 0.3 is 0 Å². The fraction of sp³-hybridized carbons (Fsp3) is 0.462. The van der Waals surface area contributed by atoms with E-state index in [-0.39, 0.29) is 16.0 Å². The Kier molecular flexibility index (Phi) is 5.53. The summed E-state index contributed by atoms with van der Waals surface area (Å²) >= 11 is 0. The van der Waals surface area contributed by atoms with Gasteiger partial charge < -0.3 is 5.32 Å². The van der Waals surface area contributed by atoms with Crippen molar-refractivity contribution < 1.29 is 17.6 Å². The van der Waals surface area contributed by atoms with E-state index in [4.69, 9.17) is 10.7 Å². The molecule has 0 fully saturated rings. The van der Waals surface area contributed by atoms with Crippen molar-refractivity contribution in [2.45, 2.75) is 32.1 Å². The molecule has 0 saturated heterocycles. The first-order chi connectivity index (χ1) is 9.12. The van der Waals surface area contributed by atoms with Gasteiger partial charge in [0.05, 0.1) is 10.5 Å². The van der Waals surface area contributed by atoms with Crippen LogP contribution < -0.4 is 5.32 Å². The molecule has 0 aliphatic rings. The molecule has 20 heavy (non-hydrogen) atoms. The Bertz CT molecular complexity index is 614. The smallest absolute Gasteiger partial charge is 0.261 e. The second-order valence-electron chi connectivity index (χ2n) is 4.97. The fourth-order valence-electron chi connectivity index (χ4n) is 1.66. The molecule has 0 atom stereocenters. The van der Waals surface area contributed by atoms with Crippen LogP contribution in [0.5, 0.6) is 0 Å². The van der Waals surface area contributed by atoms with Crippen molar-refractivity contribution in [3.63, 3.8) is 0 Å². The van der Waals surface area contributed by atoms with Gasteiger partial charge in [-0.05, 0) is 37.0 Å². The van der Waals surface area contributed by atoms with E-state index in [1.807, 2.05) is 13.8 Å². The summed E-state index contributed by atoms with van der Waals surface area (Å²) in [5, 5.41) is 2.55. The molecular formula is C13H17ClFNO3S. The van der Waals surface area contributed by atoms with Crippen LogP contribution in [0.3, 0.4) is 0 Å². The summed E-state index contributed by atoms with van der Waals surface area (Å²) < 4.78 is 36.5. The van der Waals surface area contributed by atoms with Gasteiger partial charge in [0.1, 0.15) is 5.82 Å². The predicted octanol–water partition coefficient (Wildman–Crippen LogP) is 2.84. The van der Waals surface area contributed by atoms with Crippen molar-refractivity contribution in [2.24, 2.45) is 5.92 Å². The maximum absolute atomic E-state index is 13.8. The van der Waals surface area contributed by atoms with Gasteiger partial charge in [0.25, 0.3) is 15.0 Å². The summed E-state index contributed by atoms with van der Waals surface area (Å²) in [6.07, 6.45) is 0.750. The molecule has 0 radical (unpaired) electrons. The van der Waals surface area contributed by atoms with Crippen molar-refractivity contribution in [1.29, 1.82) is 0 Å². The maximum atomic E-state index is 13.8. The highest BCUT2D eigenvalue weighted by molar-refractivity contribution is 8.13. The number of hydrogen-bond acceptors (Lipinski definition) is 3. The van der Waals surface area contributed by atoms with Crippen LogP contribution in [0.25, 0.3) is 0 Å². The molecule has 1 aromatic carbocycles. The molecule has 0 aliphatic carbocycles. The van der Waals surface area contributed by atoms with Gasteiger partial charge in [-0.15, -0.1) is 0 Å². The lowest BCUT2D eigenvalue weighted by molar-refractivity contribution is 0.0947. The number of rotatable bonds is 5. The fourth-order valence-corrected chi connectivity index (χ4v) is 2.86. The summed E-state index contributed by atoms with van der Waals surface area (Å²) in [5.74, 6) is -1.02. The van der Waals surface area contributed by atoms with Gasteiger partial charge in [0, 0.05) is 17.2 Å².